The number of amides is 1. The number of nitrogens with one attached hydrogen (secondary N) is 2. The van der Waals surface area contributed by atoms with Gasteiger partial charge in [-0.1, -0.05) is 6.92 Å². The largest absolute Gasteiger partial charge is 0.363 e. The normalized spacial score (nSPS) is 9.00. The Labute approximate surface area is 127 Å². The van der Waals surface area contributed by atoms with Crippen LogP contribution in [0.1, 0.15) is 17.3 Å². The average molecular weight is 309 g/mol. The topological polar surface area (TPSA) is 57.3 Å². The highest BCUT2D eigenvalue weighted by Gasteiger charge is 2.05. The number of anilines is 1. The first-order valence-corrected chi connectivity index (χ1v) is 5.77. The Morgan fingerprint density at radius 3 is 2.42 bits per heavy atom. The molecule has 1 aromatic rings. The highest BCUT2D eigenvalue weighted by Crippen LogP contribution is 2.07. The third-order valence-electron chi connectivity index (χ3n) is 2.31. The van der Waals surface area contributed by atoms with Gasteiger partial charge in [0.15, 0.2) is 0 Å². The number of aromatic nitrogens is 1. The second-order valence-corrected chi connectivity index (χ2v) is 3.91. The molecule has 1 aromatic heterocycles. The Hall–Kier alpha value is -1.04. The smallest absolute Gasteiger partial charge is 0.252 e. The third-order valence-corrected chi connectivity index (χ3v) is 2.31. The van der Waals surface area contributed by atoms with Gasteiger partial charge >= 0.3 is 0 Å². The number of nitrogens with zero attached hydrogens (tertiary/aromatic N) is 2. The number of likely N-dealkylation sites (N-methyl/N-ethyl adjacent to an activating group) is 1. The number of hydrogen-bond donors (Lipinski definition) is 2. The van der Waals surface area contributed by atoms with Gasteiger partial charge in [0.25, 0.3) is 5.91 Å². The molecule has 0 spiro atoms. The van der Waals surface area contributed by atoms with Crippen LogP contribution in [0.3, 0.4) is 0 Å². The zero-order chi connectivity index (χ0) is 12.7. The average Bonchev–Trinajstić information content (AvgIpc) is 2.34. The van der Waals surface area contributed by atoms with Crippen molar-refractivity contribution in [1.29, 1.82) is 0 Å². The van der Waals surface area contributed by atoms with Crippen LogP contribution in [0.25, 0.3) is 0 Å². The van der Waals surface area contributed by atoms with Gasteiger partial charge < -0.3 is 15.5 Å². The van der Waals surface area contributed by atoms with E-state index in [4.69, 9.17) is 0 Å². The first-order valence-electron chi connectivity index (χ1n) is 5.77. The zero-order valence-corrected chi connectivity index (χ0v) is 13.1. The lowest BCUT2D eigenvalue weighted by Gasteiger charge is -2.11. The van der Waals surface area contributed by atoms with E-state index < -0.39 is 0 Å². The molecule has 0 saturated heterocycles. The molecule has 0 unspecified atom stereocenters. The summed E-state index contributed by atoms with van der Waals surface area (Å²) in [4.78, 5) is 17.8. The van der Waals surface area contributed by atoms with Gasteiger partial charge in [0, 0.05) is 33.4 Å². The van der Waals surface area contributed by atoms with E-state index in [1.165, 1.54) is 0 Å². The van der Waals surface area contributed by atoms with Crippen molar-refractivity contribution in [3.8, 4) is 0 Å². The maximum absolute atomic E-state index is 11.7. The van der Waals surface area contributed by atoms with Gasteiger partial charge in [-0.3, -0.25) is 4.79 Å². The molecule has 1 amide bonds. The second-order valence-electron chi connectivity index (χ2n) is 3.91. The summed E-state index contributed by atoms with van der Waals surface area (Å²) in [6.07, 6.45) is 1.60. The minimum atomic E-state index is -0.0827. The van der Waals surface area contributed by atoms with Crippen LogP contribution in [-0.2, 0) is 0 Å². The van der Waals surface area contributed by atoms with Crippen LogP contribution in [0.15, 0.2) is 18.3 Å². The number of halogens is 2. The number of pyridine rings is 1. The Morgan fingerprint density at radius 2 is 1.95 bits per heavy atom. The Kier molecular flexibility index (Phi) is 11.6. The summed E-state index contributed by atoms with van der Waals surface area (Å²) < 4.78 is 0. The lowest BCUT2D eigenvalue weighted by molar-refractivity contribution is 0.0953. The maximum Gasteiger partial charge on any atom is 0.252 e. The van der Waals surface area contributed by atoms with Crippen LogP contribution in [-0.4, -0.2) is 44.6 Å². The van der Waals surface area contributed by atoms with E-state index in [1.807, 2.05) is 32.0 Å². The van der Waals surface area contributed by atoms with Crippen molar-refractivity contribution < 1.29 is 4.79 Å². The van der Waals surface area contributed by atoms with Gasteiger partial charge in [-0.15, -0.1) is 24.8 Å². The van der Waals surface area contributed by atoms with Crippen LogP contribution in [0, 0.1) is 0 Å². The molecule has 0 radical (unpaired) electrons. The summed E-state index contributed by atoms with van der Waals surface area (Å²) in [6.45, 7) is 4.36. The summed E-state index contributed by atoms with van der Waals surface area (Å²) in [5.41, 5.74) is 0.590. The zero-order valence-electron chi connectivity index (χ0n) is 11.5. The third kappa shape index (κ3) is 7.20. The van der Waals surface area contributed by atoms with Crippen molar-refractivity contribution in [2.45, 2.75) is 6.92 Å². The summed E-state index contributed by atoms with van der Waals surface area (Å²) in [7, 11) is 3.83. The number of hydrogen-bond acceptors (Lipinski definition) is 4. The van der Waals surface area contributed by atoms with Crippen molar-refractivity contribution in [2.75, 3.05) is 38.6 Å². The molecule has 5 nitrogen and oxygen atoms in total. The van der Waals surface area contributed by atoms with Crippen LogP contribution < -0.4 is 15.5 Å². The SMILES string of the molecule is CCNCCNC(=O)c1ccc(N(C)C)nc1.Cl.Cl. The van der Waals surface area contributed by atoms with E-state index in [1.54, 1.807) is 12.3 Å². The Balaban J connectivity index is 0. The number of carbonyl (C=O) groups excluding carboxylic acids is 1. The lowest BCUT2D eigenvalue weighted by Crippen LogP contribution is -2.31. The van der Waals surface area contributed by atoms with E-state index in [0.717, 1.165) is 18.9 Å². The standard InChI is InChI=1S/C12H20N4O.2ClH/c1-4-13-7-8-14-12(17)10-5-6-11(15-9-10)16(2)3;;/h5-6,9,13H,4,7-8H2,1-3H3,(H,14,17);2*1H. The second kappa shape index (κ2) is 10.8. The van der Waals surface area contributed by atoms with Crippen molar-refractivity contribution in [3.05, 3.63) is 23.9 Å². The summed E-state index contributed by atoms with van der Waals surface area (Å²) in [5, 5.41) is 5.97. The van der Waals surface area contributed by atoms with Gasteiger partial charge in [0.05, 0.1) is 5.56 Å². The van der Waals surface area contributed by atoms with Crippen LogP contribution in [0.4, 0.5) is 5.82 Å². The molecule has 0 aliphatic heterocycles. The summed E-state index contributed by atoms with van der Waals surface area (Å²) in [6, 6.07) is 3.62. The molecule has 0 aliphatic carbocycles. The van der Waals surface area contributed by atoms with E-state index in [-0.39, 0.29) is 30.7 Å². The predicted molar refractivity (Wildman–Crippen MR) is 83.9 cm³/mol. The molecule has 1 heterocycles. The molecule has 0 aromatic carbocycles. The van der Waals surface area contributed by atoms with E-state index in [2.05, 4.69) is 15.6 Å². The maximum atomic E-state index is 11.7. The molecule has 0 aliphatic rings. The molecule has 0 atom stereocenters. The fraction of sp³-hybridized carbons (Fsp3) is 0.500. The minimum absolute atomic E-state index is 0. The molecule has 1 rings (SSSR count). The van der Waals surface area contributed by atoms with Gasteiger partial charge in [-0.05, 0) is 18.7 Å². The quantitative estimate of drug-likeness (QED) is 0.779. The van der Waals surface area contributed by atoms with Gasteiger partial charge in [-0.2, -0.15) is 0 Å². The number of carbonyl (C=O) groups is 1. The van der Waals surface area contributed by atoms with Crippen LogP contribution in [0.2, 0.25) is 0 Å². The van der Waals surface area contributed by atoms with Crippen molar-refractivity contribution in [1.82, 2.24) is 15.6 Å². The van der Waals surface area contributed by atoms with E-state index >= 15 is 0 Å². The van der Waals surface area contributed by atoms with Crippen molar-refractivity contribution >= 4 is 36.5 Å². The summed E-state index contributed by atoms with van der Waals surface area (Å²) >= 11 is 0. The fourth-order valence-electron chi connectivity index (χ4n) is 1.33. The molecule has 0 bridgehead atoms. The monoisotopic (exact) mass is 308 g/mol. The van der Waals surface area contributed by atoms with Gasteiger partial charge in [-0.25, -0.2) is 4.98 Å². The molecule has 2 N–H and O–H groups in total. The molecule has 7 heteroatoms. The van der Waals surface area contributed by atoms with Gasteiger partial charge in [0.1, 0.15) is 5.82 Å². The minimum Gasteiger partial charge on any atom is -0.363 e. The predicted octanol–water partition coefficient (Wildman–Crippen LogP) is 1.33. The Bertz CT molecular complexity index is 357. The Morgan fingerprint density at radius 1 is 1.26 bits per heavy atom. The molecule has 0 saturated carbocycles. The molecular weight excluding hydrogens is 287 g/mol. The molecule has 110 valence electrons. The summed E-state index contributed by atoms with van der Waals surface area (Å²) in [5.74, 6) is 0.759. The van der Waals surface area contributed by atoms with Crippen molar-refractivity contribution in [2.24, 2.45) is 0 Å². The van der Waals surface area contributed by atoms with E-state index in [9.17, 15) is 4.79 Å². The van der Waals surface area contributed by atoms with Crippen LogP contribution >= 0.6 is 24.8 Å². The highest BCUT2D eigenvalue weighted by atomic mass is 35.5. The van der Waals surface area contributed by atoms with Crippen molar-refractivity contribution in [3.63, 3.8) is 0 Å². The first-order chi connectivity index (χ1) is 8.15. The molecule has 19 heavy (non-hydrogen) atoms. The van der Waals surface area contributed by atoms with E-state index in [0.29, 0.717) is 12.1 Å². The van der Waals surface area contributed by atoms with Crippen LogP contribution in [0.5, 0.6) is 0 Å². The molecule has 0 fully saturated rings. The number of rotatable bonds is 6. The fourth-order valence-corrected chi connectivity index (χ4v) is 1.33. The van der Waals surface area contributed by atoms with Gasteiger partial charge in [0.2, 0.25) is 0 Å². The molecular formula is C12H22Cl2N4O. The highest BCUT2D eigenvalue weighted by molar-refractivity contribution is 5.94. The lowest BCUT2D eigenvalue weighted by atomic mass is 10.2. The first kappa shape index (κ1) is 20.3.